The van der Waals surface area contributed by atoms with E-state index in [1.54, 1.807) is 7.11 Å². The van der Waals surface area contributed by atoms with Gasteiger partial charge in [0.1, 0.15) is 48.8 Å². The molecule has 12 nitrogen and oxygen atoms in total. The molecule has 1 amide bonds. The van der Waals surface area contributed by atoms with E-state index in [1.807, 2.05) is 121 Å². The maximum atomic E-state index is 12.5. The molecule has 4 aromatic carbocycles. The monoisotopic (exact) mass is 755 g/mol. The molecule has 3 aliphatic rings. The van der Waals surface area contributed by atoms with Gasteiger partial charge in [0.15, 0.2) is 18.9 Å². The third-order valence-corrected chi connectivity index (χ3v) is 9.91. The van der Waals surface area contributed by atoms with Gasteiger partial charge < -0.3 is 53.1 Å². The van der Waals surface area contributed by atoms with Crippen LogP contribution in [-0.2, 0) is 67.2 Å². The van der Waals surface area contributed by atoms with Crippen LogP contribution in [0.3, 0.4) is 0 Å². The second kappa shape index (κ2) is 19.2. The maximum Gasteiger partial charge on any atom is 0.217 e. The summed E-state index contributed by atoms with van der Waals surface area (Å²) in [6, 6.07) is 38.0. The molecule has 3 saturated heterocycles. The fourth-order valence-corrected chi connectivity index (χ4v) is 7.16. The number of rotatable bonds is 15. The Morgan fingerprint density at radius 1 is 0.673 bits per heavy atom. The molecule has 0 bridgehead atoms. The minimum absolute atomic E-state index is 0.0743. The van der Waals surface area contributed by atoms with Gasteiger partial charge >= 0.3 is 0 Å². The number of fused-ring (bicyclic) bond motifs is 1. The molecular formula is C43H49NO11. The Hall–Kier alpha value is -4.05. The van der Waals surface area contributed by atoms with Crippen LogP contribution in [0.2, 0.25) is 0 Å². The average Bonchev–Trinajstić information content (AvgIpc) is 3.23. The Morgan fingerprint density at radius 3 is 1.75 bits per heavy atom. The van der Waals surface area contributed by atoms with E-state index < -0.39 is 67.6 Å². The Kier molecular flexibility index (Phi) is 13.7. The molecule has 292 valence electrons. The van der Waals surface area contributed by atoms with Gasteiger partial charge in [-0.3, -0.25) is 4.79 Å². The molecule has 12 heteroatoms. The van der Waals surface area contributed by atoms with Crippen LogP contribution in [0.5, 0.6) is 0 Å². The first kappa shape index (κ1) is 39.2. The van der Waals surface area contributed by atoms with Gasteiger partial charge in [-0.15, -0.1) is 0 Å². The third kappa shape index (κ3) is 10.0. The van der Waals surface area contributed by atoms with Crippen molar-refractivity contribution in [2.45, 2.75) is 94.4 Å². The predicted octanol–water partition coefficient (Wildman–Crippen LogP) is 4.84. The molecule has 0 aromatic heterocycles. The van der Waals surface area contributed by atoms with Crippen molar-refractivity contribution in [1.82, 2.24) is 5.32 Å². The number of nitrogens with one attached hydrogen (secondary N) is 1. The fraction of sp³-hybridized carbons (Fsp3) is 0.419. The molecule has 0 radical (unpaired) electrons. The summed E-state index contributed by atoms with van der Waals surface area (Å²) < 4.78 is 57.5. The number of amides is 1. The SMILES string of the molecule is COC1OC(COC2OC3COC(c4ccccc4)OC3C(O)C2NC(C)=O)C(OCc2ccccc2)C(OCc2ccccc2)C1OCc1ccccc1. The van der Waals surface area contributed by atoms with Gasteiger partial charge in [-0.1, -0.05) is 121 Å². The van der Waals surface area contributed by atoms with Crippen LogP contribution >= 0.6 is 0 Å². The van der Waals surface area contributed by atoms with E-state index in [0.717, 1.165) is 22.3 Å². The summed E-state index contributed by atoms with van der Waals surface area (Å²) in [5.41, 5.74) is 3.72. The van der Waals surface area contributed by atoms with Gasteiger partial charge in [-0.2, -0.15) is 0 Å². The van der Waals surface area contributed by atoms with Crippen LogP contribution < -0.4 is 5.32 Å². The largest absolute Gasteiger partial charge is 0.388 e. The minimum Gasteiger partial charge on any atom is -0.388 e. The number of aliphatic hydroxyl groups excluding tert-OH is 1. The number of hydrogen-bond acceptors (Lipinski definition) is 11. The van der Waals surface area contributed by atoms with Crippen LogP contribution in [0, 0.1) is 0 Å². The summed E-state index contributed by atoms with van der Waals surface area (Å²) in [5, 5.41) is 14.5. The normalized spacial score (nSPS) is 30.6. The molecule has 0 saturated carbocycles. The van der Waals surface area contributed by atoms with Gasteiger partial charge in [0, 0.05) is 19.6 Å². The Labute approximate surface area is 321 Å². The van der Waals surface area contributed by atoms with Gasteiger partial charge in [-0.05, 0) is 16.7 Å². The number of carbonyl (C=O) groups is 1. The lowest BCUT2D eigenvalue weighted by atomic mass is 9.95. The first-order valence-corrected chi connectivity index (χ1v) is 18.7. The summed E-state index contributed by atoms with van der Waals surface area (Å²) in [5.74, 6) is -0.364. The van der Waals surface area contributed by atoms with E-state index in [9.17, 15) is 9.90 Å². The van der Waals surface area contributed by atoms with E-state index in [4.69, 9.17) is 42.6 Å². The van der Waals surface area contributed by atoms with Crippen LogP contribution in [0.4, 0.5) is 0 Å². The molecule has 2 N–H and O–H groups in total. The maximum absolute atomic E-state index is 12.5. The van der Waals surface area contributed by atoms with Gasteiger partial charge in [0.25, 0.3) is 0 Å². The zero-order chi connectivity index (χ0) is 38.0. The zero-order valence-electron chi connectivity index (χ0n) is 31.0. The standard InChI is InChI=1S/C43H49NO11/c1-28(45)44-35-36(46)37-33(26-51-41(55-37)32-21-13-6-14-22-32)53-42(35)52-27-34-38(48-23-29-15-7-3-8-16-29)39(49-24-30-17-9-4-10-18-30)40(43(47-2)54-34)50-25-31-19-11-5-12-20-31/h3-22,33-43,46H,23-27H2,1-2H3,(H,44,45). The molecule has 55 heavy (non-hydrogen) atoms. The van der Waals surface area contributed by atoms with Crippen molar-refractivity contribution in [2.24, 2.45) is 0 Å². The highest BCUT2D eigenvalue weighted by molar-refractivity contribution is 5.73. The topological polar surface area (TPSA) is 132 Å². The molecular weight excluding hydrogens is 706 g/mol. The first-order valence-electron chi connectivity index (χ1n) is 18.7. The summed E-state index contributed by atoms with van der Waals surface area (Å²) >= 11 is 0. The van der Waals surface area contributed by atoms with E-state index in [1.165, 1.54) is 6.92 Å². The van der Waals surface area contributed by atoms with Crippen molar-refractivity contribution >= 4 is 5.91 Å². The molecule has 7 rings (SSSR count). The fourth-order valence-electron chi connectivity index (χ4n) is 7.16. The molecule has 0 aliphatic carbocycles. The highest BCUT2D eigenvalue weighted by Crippen LogP contribution is 2.36. The van der Waals surface area contributed by atoms with Gasteiger partial charge in [0.2, 0.25) is 5.91 Å². The smallest absolute Gasteiger partial charge is 0.217 e. The molecule has 3 aliphatic heterocycles. The number of hydrogen-bond donors (Lipinski definition) is 2. The number of carbonyl (C=O) groups excluding carboxylic acids is 1. The number of ether oxygens (including phenoxy) is 9. The quantitative estimate of drug-likeness (QED) is 0.173. The zero-order valence-corrected chi connectivity index (χ0v) is 31.0. The van der Waals surface area contributed by atoms with Crippen molar-refractivity contribution in [1.29, 1.82) is 0 Å². The summed E-state index contributed by atoms with van der Waals surface area (Å²) in [6.07, 6.45) is -8.15. The van der Waals surface area contributed by atoms with Crippen LogP contribution in [-0.4, -0.2) is 92.7 Å². The van der Waals surface area contributed by atoms with E-state index in [0.29, 0.717) is 0 Å². The third-order valence-electron chi connectivity index (χ3n) is 9.91. The highest BCUT2D eigenvalue weighted by atomic mass is 16.8. The van der Waals surface area contributed by atoms with Crippen molar-refractivity contribution in [3.8, 4) is 0 Å². The lowest BCUT2D eigenvalue weighted by Gasteiger charge is -2.49. The molecule has 3 heterocycles. The Bertz CT molecular complexity index is 1740. The van der Waals surface area contributed by atoms with E-state index in [-0.39, 0.29) is 38.9 Å². The second-order valence-electron chi connectivity index (χ2n) is 13.8. The van der Waals surface area contributed by atoms with Crippen LogP contribution in [0.1, 0.15) is 35.5 Å². The predicted molar refractivity (Wildman–Crippen MR) is 199 cm³/mol. The minimum atomic E-state index is -1.18. The van der Waals surface area contributed by atoms with Crippen LogP contribution in [0.15, 0.2) is 121 Å². The van der Waals surface area contributed by atoms with Crippen molar-refractivity contribution in [2.75, 3.05) is 20.3 Å². The van der Waals surface area contributed by atoms with E-state index >= 15 is 0 Å². The van der Waals surface area contributed by atoms with Crippen LogP contribution in [0.25, 0.3) is 0 Å². The molecule has 11 unspecified atom stereocenters. The molecule has 3 fully saturated rings. The Morgan fingerprint density at radius 2 is 1.20 bits per heavy atom. The highest BCUT2D eigenvalue weighted by Gasteiger charge is 2.52. The van der Waals surface area contributed by atoms with Gasteiger partial charge in [0.05, 0.1) is 33.0 Å². The molecule has 0 spiro atoms. The van der Waals surface area contributed by atoms with Crippen molar-refractivity contribution in [3.63, 3.8) is 0 Å². The summed E-state index contributed by atoms with van der Waals surface area (Å²) in [7, 11) is 1.56. The van der Waals surface area contributed by atoms with E-state index in [2.05, 4.69) is 5.32 Å². The molecule has 4 aromatic rings. The first-order chi connectivity index (χ1) is 27.0. The summed E-state index contributed by atoms with van der Waals surface area (Å²) in [6.45, 7) is 2.26. The molecule has 11 atom stereocenters. The lowest BCUT2D eigenvalue weighted by molar-refractivity contribution is -0.356. The number of benzene rings is 4. The van der Waals surface area contributed by atoms with Crippen molar-refractivity contribution < 1.29 is 52.5 Å². The summed E-state index contributed by atoms with van der Waals surface area (Å²) in [4.78, 5) is 12.5. The van der Waals surface area contributed by atoms with Gasteiger partial charge in [-0.25, -0.2) is 0 Å². The number of methoxy groups -OCH3 is 1. The average molecular weight is 756 g/mol. The Balaban J connectivity index is 1.13. The second-order valence-corrected chi connectivity index (χ2v) is 13.8. The lowest BCUT2D eigenvalue weighted by Crippen LogP contribution is -2.67. The van der Waals surface area contributed by atoms with Crippen molar-refractivity contribution in [3.05, 3.63) is 144 Å². The number of aliphatic hydroxyl groups is 1.